The summed E-state index contributed by atoms with van der Waals surface area (Å²) in [5.74, 6) is 0.933. The van der Waals surface area contributed by atoms with Crippen LogP contribution >= 0.6 is 0 Å². The van der Waals surface area contributed by atoms with Gasteiger partial charge in [-0.2, -0.15) is 4.58 Å². The molecule has 6 aromatic rings. The van der Waals surface area contributed by atoms with E-state index in [9.17, 15) is 0 Å². The first-order valence-corrected chi connectivity index (χ1v) is 20.8. The first kappa shape index (κ1) is 35.5. The minimum Gasteiger partial charge on any atom is -0.344 e. The van der Waals surface area contributed by atoms with Crippen molar-refractivity contribution in [1.82, 2.24) is 0 Å². The van der Waals surface area contributed by atoms with E-state index in [0.29, 0.717) is 0 Å². The molecule has 3 aliphatic rings. The Labute approximate surface area is 328 Å². The zero-order valence-electron chi connectivity index (χ0n) is 33.0. The molecule has 0 N–H and O–H groups in total. The van der Waals surface area contributed by atoms with Gasteiger partial charge in [0.2, 0.25) is 5.69 Å². The maximum Gasteiger partial charge on any atom is 0.210 e. The van der Waals surface area contributed by atoms with Crippen molar-refractivity contribution in [1.29, 1.82) is 0 Å². The third kappa shape index (κ3) is 6.44. The van der Waals surface area contributed by atoms with Crippen LogP contribution in [0.25, 0.3) is 21.5 Å². The van der Waals surface area contributed by atoms with E-state index in [1.165, 1.54) is 112 Å². The molecule has 1 fully saturated rings. The lowest BCUT2D eigenvalue weighted by Gasteiger charge is -2.31. The van der Waals surface area contributed by atoms with E-state index in [2.05, 4.69) is 182 Å². The van der Waals surface area contributed by atoms with Crippen molar-refractivity contribution < 1.29 is 4.58 Å². The van der Waals surface area contributed by atoms with Gasteiger partial charge in [0.1, 0.15) is 7.05 Å². The molecule has 0 aromatic heterocycles. The molecule has 2 aliphatic heterocycles. The lowest BCUT2D eigenvalue weighted by molar-refractivity contribution is -0.401. The molecule has 0 bridgehead atoms. The zero-order valence-corrected chi connectivity index (χ0v) is 33.0. The normalized spacial score (nSPS) is 21.8. The van der Waals surface area contributed by atoms with Crippen molar-refractivity contribution in [3.8, 4) is 0 Å². The largest absolute Gasteiger partial charge is 0.344 e. The molecular weight excluding hydrogens is 665 g/mol. The number of allylic oxidation sites excluding steroid dienone is 4. The van der Waals surface area contributed by atoms with Crippen LogP contribution < -0.4 is 4.90 Å². The number of anilines is 1. The summed E-state index contributed by atoms with van der Waals surface area (Å²) in [7, 11) is 2.27. The van der Waals surface area contributed by atoms with Gasteiger partial charge >= 0.3 is 0 Å². The Morgan fingerprint density at radius 1 is 0.636 bits per heavy atom. The fourth-order valence-corrected chi connectivity index (χ4v) is 10.8. The molecule has 1 saturated carbocycles. The standard InChI is InChI=1S/C53H55N2/c1-52(37-40-22-6-4-7-23-40)48(54(3)46-34-32-42-26-12-14-28-44(42)50(46)52)30-18-31-49-53(2,38-41-24-8-5-9-25-41)51-45-29-15-13-27-43(45)33-35-47(51)55(49)36-17-16-21-39-19-10-11-20-39/h4-9,12-15,18,22-35,39H,10-11,16-17,19-21,36-38H2,1-3H3/q+1. The summed E-state index contributed by atoms with van der Waals surface area (Å²) in [5, 5.41) is 5.36. The third-order valence-electron chi connectivity index (χ3n) is 13.4. The van der Waals surface area contributed by atoms with Gasteiger partial charge < -0.3 is 4.90 Å². The molecular formula is C53H55N2+. The summed E-state index contributed by atoms with van der Waals surface area (Å²) in [5.41, 5.74) is 10.7. The summed E-state index contributed by atoms with van der Waals surface area (Å²) in [6.07, 6.45) is 18.8. The van der Waals surface area contributed by atoms with E-state index >= 15 is 0 Å². The zero-order chi connectivity index (χ0) is 37.4. The SMILES string of the molecule is C[N+]1=C(C=CC=C2N(CCCCC3CCCC3)c3ccc4ccccc4c3C2(C)Cc2ccccc2)C(C)(Cc2ccccc2)c2c1ccc1ccccc21. The monoisotopic (exact) mass is 719 g/mol. The fourth-order valence-electron chi connectivity index (χ4n) is 10.8. The van der Waals surface area contributed by atoms with Crippen LogP contribution in [0.2, 0.25) is 0 Å². The molecule has 2 heteroatoms. The van der Waals surface area contributed by atoms with Crippen LogP contribution in [0.3, 0.4) is 0 Å². The van der Waals surface area contributed by atoms with E-state index in [1.807, 2.05) is 0 Å². The molecule has 276 valence electrons. The molecule has 55 heavy (non-hydrogen) atoms. The minimum atomic E-state index is -0.205. The predicted octanol–water partition coefficient (Wildman–Crippen LogP) is 13.0. The minimum absolute atomic E-state index is 0.202. The molecule has 6 aromatic carbocycles. The molecule has 0 amide bonds. The first-order chi connectivity index (χ1) is 26.9. The van der Waals surface area contributed by atoms with Crippen LogP contribution in [0.4, 0.5) is 11.4 Å². The van der Waals surface area contributed by atoms with Crippen molar-refractivity contribution in [3.05, 3.63) is 180 Å². The van der Waals surface area contributed by atoms with Gasteiger partial charge in [-0.05, 0) is 95.5 Å². The van der Waals surface area contributed by atoms with Crippen LogP contribution in [0.1, 0.15) is 81.0 Å². The second-order valence-corrected chi connectivity index (χ2v) is 17.0. The van der Waals surface area contributed by atoms with E-state index < -0.39 is 0 Å². The van der Waals surface area contributed by atoms with Crippen LogP contribution in [0.15, 0.2) is 157 Å². The third-order valence-corrected chi connectivity index (χ3v) is 13.4. The van der Waals surface area contributed by atoms with E-state index in [4.69, 9.17) is 0 Å². The Bertz CT molecular complexity index is 2430. The highest BCUT2D eigenvalue weighted by atomic mass is 15.2. The number of benzene rings is 6. The van der Waals surface area contributed by atoms with Crippen LogP contribution in [-0.4, -0.2) is 23.9 Å². The number of unbranched alkanes of at least 4 members (excludes halogenated alkanes) is 1. The van der Waals surface area contributed by atoms with Crippen molar-refractivity contribution in [3.63, 3.8) is 0 Å². The van der Waals surface area contributed by atoms with Crippen molar-refractivity contribution in [2.45, 2.75) is 82.5 Å². The smallest absolute Gasteiger partial charge is 0.210 e. The van der Waals surface area contributed by atoms with E-state index in [1.54, 1.807) is 0 Å². The highest BCUT2D eigenvalue weighted by Gasteiger charge is 2.48. The van der Waals surface area contributed by atoms with Crippen LogP contribution in [0.5, 0.6) is 0 Å². The number of hydrogen-bond acceptors (Lipinski definition) is 1. The van der Waals surface area contributed by atoms with Crippen LogP contribution in [0, 0.1) is 5.92 Å². The molecule has 9 rings (SSSR count). The van der Waals surface area contributed by atoms with Gasteiger partial charge in [-0.1, -0.05) is 160 Å². The molecule has 2 nitrogen and oxygen atoms in total. The second kappa shape index (κ2) is 14.8. The number of nitrogens with zero attached hydrogens (tertiary/aromatic N) is 2. The summed E-state index contributed by atoms with van der Waals surface area (Å²) < 4.78 is 2.46. The summed E-state index contributed by atoms with van der Waals surface area (Å²) in [6, 6.07) is 49.6. The summed E-state index contributed by atoms with van der Waals surface area (Å²) >= 11 is 0. The number of hydrogen-bond donors (Lipinski definition) is 0. The van der Waals surface area contributed by atoms with Gasteiger partial charge in [0, 0.05) is 41.1 Å². The molecule has 2 heterocycles. The molecule has 1 aliphatic carbocycles. The van der Waals surface area contributed by atoms with Crippen molar-refractivity contribution >= 4 is 38.6 Å². The number of fused-ring (bicyclic) bond motifs is 6. The summed E-state index contributed by atoms with van der Waals surface area (Å²) in [6.45, 7) is 6.02. The van der Waals surface area contributed by atoms with Gasteiger partial charge in [0.15, 0.2) is 5.71 Å². The molecule has 0 spiro atoms. The van der Waals surface area contributed by atoms with Gasteiger partial charge in [0.05, 0.1) is 5.41 Å². The second-order valence-electron chi connectivity index (χ2n) is 17.0. The molecule has 2 unspecified atom stereocenters. The van der Waals surface area contributed by atoms with Gasteiger partial charge in [-0.3, -0.25) is 0 Å². The number of rotatable bonds is 11. The highest BCUT2D eigenvalue weighted by Crippen LogP contribution is 2.53. The Morgan fingerprint density at radius 3 is 1.89 bits per heavy atom. The van der Waals surface area contributed by atoms with Gasteiger partial charge in [0.25, 0.3) is 0 Å². The van der Waals surface area contributed by atoms with Crippen molar-refractivity contribution in [2.75, 3.05) is 18.5 Å². The average Bonchev–Trinajstić information content (AvgIpc) is 3.87. The maximum atomic E-state index is 2.71. The average molecular weight is 720 g/mol. The quantitative estimate of drug-likeness (QED) is 0.0954. The molecule has 2 atom stereocenters. The fraction of sp³-hybridized carbons (Fsp3) is 0.302. The lowest BCUT2D eigenvalue weighted by atomic mass is 9.73. The van der Waals surface area contributed by atoms with Crippen molar-refractivity contribution in [2.24, 2.45) is 5.92 Å². The van der Waals surface area contributed by atoms with E-state index in [-0.39, 0.29) is 10.8 Å². The Kier molecular flexibility index (Phi) is 9.55. The van der Waals surface area contributed by atoms with Gasteiger partial charge in [-0.15, -0.1) is 0 Å². The molecule has 0 radical (unpaired) electrons. The van der Waals surface area contributed by atoms with Crippen LogP contribution in [-0.2, 0) is 23.7 Å². The Balaban J connectivity index is 1.16. The Morgan fingerprint density at radius 2 is 1.22 bits per heavy atom. The topological polar surface area (TPSA) is 6.25 Å². The Hall–Kier alpha value is -5.21. The first-order valence-electron chi connectivity index (χ1n) is 20.8. The highest BCUT2D eigenvalue weighted by molar-refractivity contribution is 6.08. The van der Waals surface area contributed by atoms with E-state index in [0.717, 1.165) is 25.3 Å². The molecule has 0 saturated heterocycles. The van der Waals surface area contributed by atoms with Gasteiger partial charge in [-0.25, -0.2) is 0 Å². The predicted molar refractivity (Wildman–Crippen MR) is 234 cm³/mol. The summed E-state index contributed by atoms with van der Waals surface area (Å²) in [4.78, 5) is 2.71. The maximum absolute atomic E-state index is 2.71. The lowest BCUT2D eigenvalue weighted by Crippen LogP contribution is -2.33.